The Morgan fingerprint density at radius 3 is 2.60 bits per heavy atom. The van der Waals surface area contributed by atoms with Crippen LogP contribution in [0.5, 0.6) is 17.4 Å². The maximum Gasteiger partial charge on any atom is 0.321 e. The van der Waals surface area contributed by atoms with Gasteiger partial charge in [-0.3, -0.25) is 9.36 Å². The third-order valence-electron chi connectivity index (χ3n) is 3.32. The number of rotatable bonds is 4. The second-order valence-electron chi connectivity index (χ2n) is 4.99. The molecule has 1 aromatic carbocycles. The van der Waals surface area contributed by atoms with E-state index in [1.54, 1.807) is 0 Å². The van der Waals surface area contributed by atoms with Crippen LogP contribution in [0.3, 0.4) is 0 Å². The van der Waals surface area contributed by atoms with Gasteiger partial charge in [0, 0.05) is 17.7 Å². The Balaban J connectivity index is 1.94. The van der Waals surface area contributed by atoms with Crippen LogP contribution >= 0.6 is 0 Å². The Bertz CT molecular complexity index is 973. The van der Waals surface area contributed by atoms with Crippen LogP contribution in [0.4, 0.5) is 13.2 Å². The maximum atomic E-state index is 14.0. The van der Waals surface area contributed by atoms with Gasteiger partial charge >= 0.3 is 6.55 Å². The van der Waals surface area contributed by atoms with Gasteiger partial charge in [-0.2, -0.15) is 8.78 Å². The SMILES string of the molecule is O=c1ccc(Oc2cccc(-c3cccc(O)c3F)n2)cn1C(F)F. The normalized spacial score (nSPS) is 10.9. The fraction of sp³-hybridized carbons (Fsp3) is 0.0588. The van der Waals surface area contributed by atoms with Gasteiger partial charge in [0.25, 0.3) is 5.56 Å². The molecule has 0 saturated heterocycles. The molecule has 3 aromatic rings. The van der Waals surface area contributed by atoms with Crippen LogP contribution in [0.2, 0.25) is 0 Å². The van der Waals surface area contributed by atoms with E-state index in [9.17, 15) is 23.1 Å². The van der Waals surface area contributed by atoms with Crippen molar-refractivity contribution >= 4 is 0 Å². The van der Waals surface area contributed by atoms with Gasteiger partial charge in [0.2, 0.25) is 5.88 Å². The largest absolute Gasteiger partial charge is 0.505 e. The summed E-state index contributed by atoms with van der Waals surface area (Å²) >= 11 is 0. The average molecular weight is 348 g/mol. The van der Waals surface area contributed by atoms with Crippen molar-refractivity contribution in [1.82, 2.24) is 9.55 Å². The summed E-state index contributed by atoms with van der Waals surface area (Å²) in [6.07, 6.45) is 0.857. The molecule has 3 rings (SSSR count). The standard InChI is InChI=1S/C17H11F3N2O3/c18-16-11(3-1-5-13(16)23)12-4-2-6-14(21-12)25-10-7-8-15(24)22(9-10)17(19)20/h1-9,17,23H. The highest BCUT2D eigenvalue weighted by molar-refractivity contribution is 5.62. The molecule has 0 amide bonds. The van der Waals surface area contributed by atoms with Gasteiger partial charge in [-0.1, -0.05) is 12.1 Å². The summed E-state index contributed by atoms with van der Waals surface area (Å²) in [5, 5.41) is 9.44. The minimum Gasteiger partial charge on any atom is -0.505 e. The third-order valence-corrected chi connectivity index (χ3v) is 3.32. The fourth-order valence-electron chi connectivity index (χ4n) is 2.16. The first-order chi connectivity index (χ1) is 12.0. The van der Waals surface area contributed by atoms with Gasteiger partial charge < -0.3 is 9.84 Å². The highest BCUT2D eigenvalue weighted by atomic mass is 19.3. The molecule has 0 fully saturated rings. The molecule has 0 aliphatic carbocycles. The number of halogens is 3. The van der Waals surface area contributed by atoms with E-state index in [1.165, 1.54) is 42.5 Å². The topological polar surface area (TPSA) is 64.3 Å². The molecule has 0 saturated carbocycles. The first kappa shape index (κ1) is 16.6. The predicted octanol–water partition coefficient (Wildman–Crippen LogP) is 3.94. The molecule has 0 bridgehead atoms. The van der Waals surface area contributed by atoms with Crippen molar-refractivity contribution in [3.8, 4) is 28.6 Å². The van der Waals surface area contributed by atoms with Crippen LogP contribution in [-0.4, -0.2) is 14.7 Å². The molecule has 0 atom stereocenters. The van der Waals surface area contributed by atoms with E-state index >= 15 is 0 Å². The Labute approximate surface area is 139 Å². The lowest BCUT2D eigenvalue weighted by atomic mass is 10.1. The number of pyridine rings is 2. The Morgan fingerprint density at radius 2 is 1.84 bits per heavy atom. The third kappa shape index (κ3) is 3.47. The molecule has 2 aromatic heterocycles. The zero-order valence-electron chi connectivity index (χ0n) is 12.6. The van der Waals surface area contributed by atoms with Gasteiger partial charge in [-0.05, 0) is 24.3 Å². The number of nitrogens with zero attached hydrogens (tertiary/aromatic N) is 2. The molecule has 0 unspecified atom stereocenters. The smallest absolute Gasteiger partial charge is 0.321 e. The van der Waals surface area contributed by atoms with Crippen LogP contribution in [0.25, 0.3) is 11.3 Å². The summed E-state index contributed by atoms with van der Waals surface area (Å²) in [7, 11) is 0. The van der Waals surface area contributed by atoms with Crippen molar-refractivity contribution < 1.29 is 23.0 Å². The van der Waals surface area contributed by atoms with E-state index in [-0.39, 0.29) is 27.5 Å². The van der Waals surface area contributed by atoms with Gasteiger partial charge in [0.05, 0.1) is 11.9 Å². The summed E-state index contributed by atoms with van der Waals surface area (Å²) in [5.41, 5.74) is -0.623. The molecule has 0 spiro atoms. The highest BCUT2D eigenvalue weighted by Gasteiger charge is 2.12. The molecular weight excluding hydrogens is 337 g/mol. The average Bonchev–Trinajstić information content (AvgIpc) is 2.59. The molecule has 128 valence electrons. The Kier molecular flexibility index (Phi) is 4.42. The quantitative estimate of drug-likeness (QED) is 0.776. The molecule has 0 radical (unpaired) electrons. The molecular formula is C17H11F3N2O3. The predicted molar refractivity (Wildman–Crippen MR) is 83.3 cm³/mol. The fourth-order valence-corrected chi connectivity index (χ4v) is 2.16. The van der Waals surface area contributed by atoms with E-state index in [4.69, 9.17) is 4.74 Å². The second-order valence-corrected chi connectivity index (χ2v) is 4.99. The Morgan fingerprint density at radius 1 is 1.08 bits per heavy atom. The van der Waals surface area contributed by atoms with Gasteiger partial charge in [0.1, 0.15) is 5.75 Å². The van der Waals surface area contributed by atoms with Crippen LogP contribution in [-0.2, 0) is 0 Å². The van der Waals surface area contributed by atoms with Crippen molar-refractivity contribution in [3.63, 3.8) is 0 Å². The van der Waals surface area contributed by atoms with Gasteiger partial charge in [0.15, 0.2) is 11.6 Å². The zero-order valence-corrected chi connectivity index (χ0v) is 12.6. The summed E-state index contributed by atoms with van der Waals surface area (Å²) < 4.78 is 45.0. The number of ether oxygens (including phenoxy) is 1. The lowest BCUT2D eigenvalue weighted by molar-refractivity contribution is 0.0657. The van der Waals surface area contributed by atoms with Crippen molar-refractivity contribution in [1.29, 1.82) is 0 Å². The number of benzene rings is 1. The van der Waals surface area contributed by atoms with E-state index in [0.717, 1.165) is 12.3 Å². The van der Waals surface area contributed by atoms with E-state index in [2.05, 4.69) is 4.98 Å². The first-order valence-electron chi connectivity index (χ1n) is 7.09. The molecule has 1 N–H and O–H groups in total. The molecule has 8 heteroatoms. The van der Waals surface area contributed by atoms with Crippen LogP contribution in [0, 0.1) is 5.82 Å². The Hall–Kier alpha value is -3.29. The zero-order chi connectivity index (χ0) is 18.0. The number of alkyl halides is 2. The summed E-state index contributed by atoms with van der Waals surface area (Å²) in [5.74, 6) is -1.37. The van der Waals surface area contributed by atoms with Gasteiger partial charge in [-0.25, -0.2) is 9.37 Å². The van der Waals surface area contributed by atoms with Gasteiger partial charge in [-0.15, -0.1) is 0 Å². The highest BCUT2D eigenvalue weighted by Crippen LogP contribution is 2.29. The lowest BCUT2D eigenvalue weighted by Crippen LogP contribution is -2.18. The minimum atomic E-state index is -3.00. The number of aromatic nitrogens is 2. The van der Waals surface area contributed by atoms with E-state index < -0.39 is 23.7 Å². The number of hydrogen-bond donors (Lipinski definition) is 1. The van der Waals surface area contributed by atoms with Crippen molar-refractivity contribution in [2.75, 3.05) is 0 Å². The van der Waals surface area contributed by atoms with Crippen LogP contribution < -0.4 is 10.3 Å². The number of phenolic OH excluding ortho intramolecular Hbond substituents is 1. The van der Waals surface area contributed by atoms with E-state index in [1.807, 2.05) is 0 Å². The molecule has 25 heavy (non-hydrogen) atoms. The number of phenols is 1. The second kappa shape index (κ2) is 6.68. The monoisotopic (exact) mass is 348 g/mol. The summed E-state index contributed by atoms with van der Waals surface area (Å²) in [6.45, 7) is -3.00. The molecule has 2 heterocycles. The minimum absolute atomic E-state index is 0.0136. The van der Waals surface area contributed by atoms with Crippen molar-refractivity contribution in [2.45, 2.75) is 6.55 Å². The molecule has 0 aliphatic heterocycles. The van der Waals surface area contributed by atoms with Crippen molar-refractivity contribution in [2.24, 2.45) is 0 Å². The molecule has 0 aliphatic rings. The van der Waals surface area contributed by atoms with E-state index in [0.29, 0.717) is 0 Å². The maximum absolute atomic E-state index is 14.0. The number of hydrogen-bond acceptors (Lipinski definition) is 4. The lowest BCUT2D eigenvalue weighted by Gasteiger charge is -2.10. The summed E-state index contributed by atoms with van der Waals surface area (Å²) in [4.78, 5) is 15.4. The first-order valence-corrected chi connectivity index (χ1v) is 7.09. The summed E-state index contributed by atoms with van der Waals surface area (Å²) in [6, 6.07) is 10.7. The van der Waals surface area contributed by atoms with Crippen molar-refractivity contribution in [3.05, 3.63) is 70.9 Å². The van der Waals surface area contributed by atoms with Crippen LogP contribution in [0.15, 0.2) is 59.5 Å². The van der Waals surface area contributed by atoms with Crippen LogP contribution in [0.1, 0.15) is 6.55 Å². The molecule has 5 nitrogen and oxygen atoms in total. The number of aromatic hydroxyl groups is 1.